The van der Waals surface area contributed by atoms with E-state index in [0.29, 0.717) is 6.10 Å². The predicted molar refractivity (Wildman–Crippen MR) is 50.6 cm³/mol. The van der Waals surface area contributed by atoms with Gasteiger partial charge in [-0.2, -0.15) is 0 Å². The highest BCUT2D eigenvalue weighted by molar-refractivity contribution is 4.84. The van der Waals surface area contributed by atoms with Crippen LogP contribution in [0.25, 0.3) is 0 Å². The maximum Gasteiger partial charge on any atom is 0.121 e. The SMILES string of the molecule is CC1CCNC2(CCCOCC2)O1. The molecule has 3 nitrogen and oxygen atoms in total. The molecule has 0 aliphatic carbocycles. The second kappa shape index (κ2) is 3.95. The van der Waals surface area contributed by atoms with Gasteiger partial charge in [0.15, 0.2) is 0 Å². The molecule has 1 spiro atoms. The predicted octanol–water partition coefficient (Wildman–Crippen LogP) is 1.28. The van der Waals surface area contributed by atoms with Gasteiger partial charge in [0, 0.05) is 19.6 Å². The Morgan fingerprint density at radius 1 is 1.31 bits per heavy atom. The van der Waals surface area contributed by atoms with Gasteiger partial charge in [-0.1, -0.05) is 0 Å². The number of hydrogen-bond acceptors (Lipinski definition) is 3. The Balaban J connectivity index is 1.99. The quantitative estimate of drug-likeness (QED) is 0.616. The summed E-state index contributed by atoms with van der Waals surface area (Å²) in [6.07, 6.45) is 4.73. The lowest BCUT2D eigenvalue weighted by molar-refractivity contribution is -0.144. The summed E-state index contributed by atoms with van der Waals surface area (Å²) in [7, 11) is 0. The van der Waals surface area contributed by atoms with Crippen molar-refractivity contribution in [2.24, 2.45) is 0 Å². The lowest BCUT2D eigenvalue weighted by atomic mass is 10.0. The van der Waals surface area contributed by atoms with Gasteiger partial charge < -0.3 is 9.47 Å². The first kappa shape index (κ1) is 9.44. The van der Waals surface area contributed by atoms with E-state index in [1.807, 2.05) is 0 Å². The third-order valence-electron chi connectivity index (χ3n) is 2.94. The number of nitrogens with one attached hydrogen (secondary N) is 1. The van der Waals surface area contributed by atoms with Gasteiger partial charge in [0.05, 0.1) is 12.7 Å². The Labute approximate surface area is 79.8 Å². The van der Waals surface area contributed by atoms with Crippen LogP contribution in [0.5, 0.6) is 0 Å². The van der Waals surface area contributed by atoms with E-state index in [0.717, 1.165) is 45.4 Å². The van der Waals surface area contributed by atoms with E-state index in [1.165, 1.54) is 0 Å². The van der Waals surface area contributed by atoms with E-state index in [9.17, 15) is 0 Å². The Bertz CT molecular complexity index is 164. The van der Waals surface area contributed by atoms with Crippen molar-refractivity contribution >= 4 is 0 Å². The van der Waals surface area contributed by atoms with Crippen molar-refractivity contribution in [3.05, 3.63) is 0 Å². The highest BCUT2D eigenvalue weighted by atomic mass is 16.5. The molecular formula is C10H19NO2. The van der Waals surface area contributed by atoms with Gasteiger partial charge in [-0.25, -0.2) is 0 Å². The molecule has 2 aliphatic rings. The van der Waals surface area contributed by atoms with Gasteiger partial charge in [-0.3, -0.25) is 5.32 Å². The lowest BCUT2D eigenvalue weighted by Crippen LogP contribution is -2.54. The van der Waals surface area contributed by atoms with Crippen LogP contribution in [-0.2, 0) is 9.47 Å². The molecule has 0 saturated carbocycles. The van der Waals surface area contributed by atoms with Crippen LogP contribution in [0.15, 0.2) is 0 Å². The molecule has 2 unspecified atom stereocenters. The first-order chi connectivity index (χ1) is 6.31. The fraction of sp³-hybridized carbons (Fsp3) is 1.00. The maximum atomic E-state index is 6.00. The second-order valence-corrected chi connectivity index (χ2v) is 4.10. The fourth-order valence-electron chi connectivity index (χ4n) is 2.21. The largest absolute Gasteiger partial charge is 0.381 e. The van der Waals surface area contributed by atoms with Crippen LogP contribution in [0.2, 0.25) is 0 Å². The van der Waals surface area contributed by atoms with Crippen LogP contribution in [0.3, 0.4) is 0 Å². The molecule has 2 rings (SSSR count). The summed E-state index contributed by atoms with van der Waals surface area (Å²) in [6, 6.07) is 0. The van der Waals surface area contributed by atoms with Crippen molar-refractivity contribution in [2.75, 3.05) is 19.8 Å². The molecule has 2 saturated heterocycles. The molecule has 2 atom stereocenters. The van der Waals surface area contributed by atoms with E-state index in [4.69, 9.17) is 9.47 Å². The van der Waals surface area contributed by atoms with Crippen molar-refractivity contribution in [3.8, 4) is 0 Å². The average molecular weight is 185 g/mol. The summed E-state index contributed by atoms with van der Waals surface area (Å²) >= 11 is 0. The van der Waals surface area contributed by atoms with Crippen molar-refractivity contribution in [1.82, 2.24) is 5.32 Å². The summed E-state index contributed by atoms with van der Waals surface area (Å²) in [6.45, 7) is 4.97. The minimum absolute atomic E-state index is 0.0613. The summed E-state index contributed by atoms with van der Waals surface area (Å²) in [4.78, 5) is 0. The van der Waals surface area contributed by atoms with E-state index in [2.05, 4.69) is 12.2 Å². The minimum Gasteiger partial charge on any atom is -0.381 e. The number of ether oxygens (including phenoxy) is 2. The van der Waals surface area contributed by atoms with Crippen molar-refractivity contribution in [3.63, 3.8) is 0 Å². The van der Waals surface area contributed by atoms with Crippen LogP contribution in [0.1, 0.15) is 32.6 Å². The van der Waals surface area contributed by atoms with Gasteiger partial charge in [-0.05, 0) is 26.2 Å². The van der Waals surface area contributed by atoms with Gasteiger partial charge in [0.2, 0.25) is 0 Å². The first-order valence-corrected chi connectivity index (χ1v) is 5.31. The molecule has 2 fully saturated rings. The number of rotatable bonds is 0. The van der Waals surface area contributed by atoms with E-state index in [1.54, 1.807) is 0 Å². The summed E-state index contributed by atoms with van der Waals surface area (Å²) < 4.78 is 11.4. The second-order valence-electron chi connectivity index (χ2n) is 4.10. The molecule has 0 radical (unpaired) electrons. The molecular weight excluding hydrogens is 166 g/mol. The Morgan fingerprint density at radius 3 is 3.08 bits per heavy atom. The number of hydrogen-bond donors (Lipinski definition) is 1. The van der Waals surface area contributed by atoms with E-state index >= 15 is 0 Å². The van der Waals surface area contributed by atoms with Crippen LogP contribution >= 0.6 is 0 Å². The minimum atomic E-state index is -0.0613. The first-order valence-electron chi connectivity index (χ1n) is 5.31. The zero-order chi connectivity index (χ0) is 9.15. The van der Waals surface area contributed by atoms with Crippen LogP contribution in [-0.4, -0.2) is 31.6 Å². The van der Waals surface area contributed by atoms with Crippen LogP contribution in [0, 0.1) is 0 Å². The molecule has 2 heterocycles. The van der Waals surface area contributed by atoms with Crippen molar-refractivity contribution < 1.29 is 9.47 Å². The Morgan fingerprint density at radius 2 is 2.23 bits per heavy atom. The van der Waals surface area contributed by atoms with Crippen LogP contribution < -0.4 is 5.32 Å². The van der Waals surface area contributed by atoms with E-state index < -0.39 is 0 Å². The molecule has 0 aromatic rings. The lowest BCUT2D eigenvalue weighted by Gasteiger charge is -2.40. The Kier molecular flexibility index (Phi) is 2.86. The maximum absolute atomic E-state index is 6.00. The summed E-state index contributed by atoms with van der Waals surface area (Å²) in [5, 5.41) is 3.50. The van der Waals surface area contributed by atoms with Crippen LogP contribution in [0.4, 0.5) is 0 Å². The molecule has 3 heteroatoms. The van der Waals surface area contributed by atoms with Gasteiger partial charge in [0.25, 0.3) is 0 Å². The molecule has 0 amide bonds. The highest BCUT2D eigenvalue weighted by Gasteiger charge is 2.35. The smallest absolute Gasteiger partial charge is 0.121 e. The summed E-state index contributed by atoms with van der Waals surface area (Å²) in [5.41, 5.74) is -0.0613. The topological polar surface area (TPSA) is 30.5 Å². The molecule has 0 aromatic heterocycles. The third-order valence-corrected chi connectivity index (χ3v) is 2.94. The molecule has 0 bridgehead atoms. The fourth-order valence-corrected chi connectivity index (χ4v) is 2.21. The van der Waals surface area contributed by atoms with E-state index in [-0.39, 0.29) is 5.72 Å². The summed E-state index contributed by atoms with van der Waals surface area (Å²) in [5.74, 6) is 0. The molecule has 2 aliphatic heterocycles. The van der Waals surface area contributed by atoms with Gasteiger partial charge in [0.1, 0.15) is 5.72 Å². The molecule has 76 valence electrons. The monoisotopic (exact) mass is 185 g/mol. The van der Waals surface area contributed by atoms with Crippen molar-refractivity contribution in [2.45, 2.75) is 44.4 Å². The normalized spacial score (nSPS) is 41.8. The average Bonchev–Trinajstić information content (AvgIpc) is 2.31. The highest BCUT2D eigenvalue weighted by Crippen LogP contribution is 2.27. The zero-order valence-electron chi connectivity index (χ0n) is 8.34. The Hall–Kier alpha value is -0.120. The standard InChI is InChI=1S/C10H19NO2/c1-9-3-6-11-10(13-9)4-2-7-12-8-5-10/h9,11H,2-8H2,1H3. The molecule has 1 N–H and O–H groups in total. The van der Waals surface area contributed by atoms with Gasteiger partial charge >= 0.3 is 0 Å². The molecule has 0 aromatic carbocycles. The van der Waals surface area contributed by atoms with Crippen molar-refractivity contribution in [1.29, 1.82) is 0 Å². The molecule has 13 heavy (non-hydrogen) atoms. The van der Waals surface area contributed by atoms with Gasteiger partial charge in [-0.15, -0.1) is 0 Å². The zero-order valence-corrected chi connectivity index (χ0v) is 8.34. The third kappa shape index (κ3) is 2.22.